The van der Waals surface area contributed by atoms with Crippen molar-refractivity contribution >= 4 is 50.5 Å². The molecule has 0 aliphatic heterocycles. The van der Waals surface area contributed by atoms with Gasteiger partial charge in [-0.05, 0) is 30.3 Å². The number of carboxylic acids is 1. The predicted molar refractivity (Wildman–Crippen MR) is 82.5 cm³/mol. The number of rotatable bonds is 4. The van der Waals surface area contributed by atoms with E-state index in [9.17, 15) is 9.90 Å². The maximum atomic E-state index is 11.3. The summed E-state index contributed by atoms with van der Waals surface area (Å²) >= 11 is 10.7. The van der Waals surface area contributed by atoms with Gasteiger partial charge in [0.05, 0.1) is 22.1 Å². The Morgan fingerprint density at radius 2 is 2.16 bits per heavy atom. The largest absolute Gasteiger partial charge is 0.478 e. The maximum absolute atomic E-state index is 11.3. The van der Waals surface area contributed by atoms with Gasteiger partial charge in [-0.25, -0.2) is 4.79 Å². The zero-order valence-corrected chi connectivity index (χ0v) is 13.2. The Kier molecular flexibility index (Phi) is 4.50. The summed E-state index contributed by atoms with van der Waals surface area (Å²) in [6, 6.07) is 9.02. The molecule has 19 heavy (non-hydrogen) atoms. The van der Waals surface area contributed by atoms with Gasteiger partial charge in [-0.3, -0.25) is 0 Å². The smallest absolute Gasteiger partial charge is 0.337 e. The summed E-state index contributed by atoms with van der Waals surface area (Å²) in [6.45, 7) is 0.624. The number of carbonyl (C=O) groups is 1. The standard InChI is InChI=1S/C13H11BrClNO2S/c1-16(7-9-3-5-12(15)19-9)11-4-2-8(14)6-10(11)13(17)18/h2-6H,7H2,1H3,(H,17,18). The second kappa shape index (κ2) is 5.94. The highest BCUT2D eigenvalue weighted by molar-refractivity contribution is 9.10. The van der Waals surface area contributed by atoms with Crippen molar-refractivity contribution in [2.75, 3.05) is 11.9 Å². The third kappa shape index (κ3) is 3.49. The molecule has 0 radical (unpaired) electrons. The van der Waals surface area contributed by atoms with Crippen LogP contribution in [-0.4, -0.2) is 18.1 Å². The SMILES string of the molecule is CN(Cc1ccc(Cl)s1)c1ccc(Br)cc1C(=O)O. The summed E-state index contributed by atoms with van der Waals surface area (Å²) in [6.07, 6.45) is 0. The lowest BCUT2D eigenvalue weighted by Crippen LogP contribution is -2.18. The van der Waals surface area contributed by atoms with Gasteiger partial charge in [-0.2, -0.15) is 0 Å². The highest BCUT2D eigenvalue weighted by Gasteiger charge is 2.14. The molecule has 2 aromatic rings. The third-order valence-electron chi connectivity index (χ3n) is 2.62. The lowest BCUT2D eigenvalue weighted by atomic mass is 10.1. The van der Waals surface area contributed by atoms with E-state index >= 15 is 0 Å². The number of hydrogen-bond donors (Lipinski definition) is 1. The van der Waals surface area contributed by atoms with Crippen molar-refractivity contribution in [1.29, 1.82) is 0 Å². The van der Waals surface area contributed by atoms with E-state index in [4.69, 9.17) is 11.6 Å². The topological polar surface area (TPSA) is 40.5 Å². The van der Waals surface area contributed by atoms with Gasteiger partial charge in [0.15, 0.2) is 0 Å². The molecular weight excluding hydrogens is 350 g/mol. The van der Waals surface area contributed by atoms with Gasteiger partial charge in [-0.1, -0.05) is 27.5 Å². The number of nitrogens with zero attached hydrogens (tertiary/aromatic N) is 1. The minimum absolute atomic E-state index is 0.277. The summed E-state index contributed by atoms with van der Waals surface area (Å²) in [7, 11) is 1.86. The molecule has 0 fully saturated rings. The van der Waals surface area contributed by atoms with Crippen LogP contribution in [0.4, 0.5) is 5.69 Å². The van der Waals surface area contributed by atoms with E-state index in [0.717, 1.165) is 13.7 Å². The molecule has 0 spiro atoms. The Balaban J connectivity index is 2.28. The summed E-state index contributed by atoms with van der Waals surface area (Å²) in [4.78, 5) is 14.3. The van der Waals surface area contributed by atoms with E-state index in [-0.39, 0.29) is 5.56 Å². The highest BCUT2D eigenvalue weighted by atomic mass is 79.9. The molecule has 1 aromatic carbocycles. The Morgan fingerprint density at radius 3 is 2.74 bits per heavy atom. The first kappa shape index (κ1) is 14.4. The second-order valence-electron chi connectivity index (χ2n) is 4.03. The Bertz CT molecular complexity index is 614. The van der Waals surface area contributed by atoms with Crippen molar-refractivity contribution in [3.63, 3.8) is 0 Å². The van der Waals surface area contributed by atoms with Crippen LogP contribution in [0, 0.1) is 0 Å². The van der Waals surface area contributed by atoms with E-state index in [0.29, 0.717) is 12.2 Å². The van der Waals surface area contributed by atoms with E-state index < -0.39 is 5.97 Å². The number of carboxylic acid groups (broad SMARTS) is 1. The number of halogens is 2. The van der Waals surface area contributed by atoms with E-state index in [1.54, 1.807) is 12.1 Å². The van der Waals surface area contributed by atoms with Crippen LogP contribution < -0.4 is 4.90 Å². The molecule has 0 aliphatic carbocycles. The van der Waals surface area contributed by atoms with Crippen molar-refractivity contribution in [1.82, 2.24) is 0 Å². The average Bonchev–Trinajstić information content (AvgIpc) is 2.74. The Labute approximate surface area is 128 Å². The molecule has 2 rings (SSSR count). The third-order valence-corrected chi connectivity index (χ3v) is 4.33. The normalized spacial score (nSPS) is 10.5. The molecular formula is C13H11BrClNO2S. The number of hydrogen-bond acceptors (Lipinski definition) is 3. The van der Waals surface area contributed by atoms with Crippen molar-refractivity contribution in [2.45, 2.75) is 6.54 Å². The molecule has 1 heterocycles. The molecule has 100 valence electrons. The minimum Gasteiger partial charge on any atom is -0.478 e. The van der Waals surface area contributed by atoms with Crippen LogP contribution in [0.25, 0.3) is 0 Å². The molecule has 0 saturated carbocycles. The zero-order valence-electron chi connectivity index (χ0n) is 10.1. The fourth-order valence-electron chi connectivity index (χ4n) is 1.77. The fourth-order valence-corrected chi connectivity index (χ4v) is 3.27. The molecule has 6 heteroatoms. The lowest BCUT2D eigenvalue weighted by molar-refractivity contribution is 0.0697. The van der Waals surface area contributed by atoms with Crippen LogP contribution in [0.5, 0.6) is 0 Å². The number of anilines is 1. The van der Waals surface area contributed by atoms with E-state index in [1.807, 2.05) is 30.1 Å². The van der Waals surface area contributed by atoms with Crippen molar-refractivity contribution in [3.8, 4) is 0 Å². The van der Waals surface area contributed by atoms with E-state index in [1.165, 1.54) is 11.3 Å². The van der Waals surface area contributed by atoms with Crippen LogP contribution in [0.2, 0.25) is 4.34 Å². The van der Waals surface area contributed by atoms with Crippen molar-refractivity contribution < 1.29 is 9.90 Å². The predicted octanol–water partition coefficient (Wildman–Crippen LogP) is 4.50. The molecule has 0 amide bonds. The van der Waals surface area contributed by atoms with Gasteiger partial charge >= 0.3 is 5.97 Å². The van der Waals surface area contributed by atoms with Crippen LogP contribution in [-0.2, 0) is 6.54 Å². The lowest BCUT2D eigenvalue weighted by Gasteiger charge is -2.20. The molecule has 0 aliphatic rings. The highest BCUT2D eigenvalue weighted by Crippen LogP contribution is 2.28. The maximum Gasteiger partial charge on any atom is 0.337 e. The summed E-state index contributed by atoms with van der Waals surface area (Å²) in [5.41, 5.74) is 0.958. The Morgan fingerprint density at radius 1 is 1.42 bits per heavy atom. The number of benzene rings is 1. The molecule has 0 saturated heterocycles. The van der Waals surface area contributed by atoms with Crippen LogP contribution >= 0.6 is 38.9 Å². The quantitative estimate of drug-likeness (QED) is 0.873. The van der Waals surface area contributed by atoms with Crippen LogP contribution in [0.15, 0.2) is 34.8 Å². The molecule has 0 atom stereocenters. The monoisotopic (exact) mass is 359 g/mol. The van der Waals surface area contributed by atoms with Gasteiger partial charge in [0, 0.05) is 16.4 Å². The Hall–Kier alpha value is -1.04. The van der Waals surface area contributed by atoms with Crippen molar-refractivity contribution in [3.05, 3.63) is 49.6 Å². The number of thiophene rings is 1. The van der Waals surface area contributed by atoms with Gasteiger partial charge in [0.25, 0.3) is 0 Å². The van der Waals surface area contributed by atoms with Crippen LogP contribution in [0.1, 0.15) is 15.2 Å². The molecule has 1 aromatic heterocycles. The summed E-state index contributed by atoms with van der Waals surface area (Å²) < 4.78 is 1.49. The second-order valence-corrected chi connectivity index (χ2v) is 6.74. The van der Waals surface area contributed by atoms with Gasteiger partial charge < -0.3 is 10.0 Å². The van der Waals surface area contributed by atoms with Gasteiger partial charge in [0.2, 0.25) is 0 Å². The summed E-state index contributed by atoms with van der Waals surface area (Å²) in [5, 5.41) is 9.24. The van der Waals surface area contributed by atoms with Gasteiger partial charge in [0.1, 0.15) is 0 Å². The first-order valence-corrected chi connectivity index (χ1v) is 7.44. The molecule has 0 unspecified atom stereocenters. The first-order valence-electron chi connectivity index (χ1n) is 5.45. The zero-order chi connectivity index (χ0) is 14.0. The molecule has 3 nitrogen and oxygen atoms in total. The minimum atomic E-state index is -0.938. The van der Waals surface area contributed by atoms with Gasteiger partial charge in [-0.15, -0.1) is 11.3 Å². The first-order chi connectivity index (χ1) is 8.97. The molecule has 0 bridgehead atoms. The fraction of sp³-hybridized carbons (Fsp3) is 0.154. The van der Waals surface area contributed by atoms with Crippen LogP contribution in [0.3, 0.4) is 0 Å². The molecule has 1 N–H and O–H groups in total. The number of aromatic carboxylic acids is 1. The van der Waals surface area contributed by atoms with E-state index in [2.05, 4.69) is 15.9 Å². The average molecular weight is 361 g/mol. The summed E-state index contributed by atoms with van der Waals surface area (Å²) in [5.74, 6) is -0.938. The van der Waals surface area contributed by atoms with Crippen molar-refractivity contribution in [2.24, 2.45) is 0 Å².